The van der Waals surface area contributed by atoms with Crippen molar-refractivity contribution in [2.75, 3.05) is 6.54 Å². The second-order valence-electron chi connectivity index (χ2n) is 7.63. The Morgan fingerprint density at radius 1 is 1.18 bits per heavy atom. The molecule has 4 nitrogen and oxygen atoms in total. The topological polar surface area (TPSA) is 38.8 Å². The molecule has 2 aromatic carbocycles. The lowest BCUT2D eigenvalue weighted by molar-refractivity contribution is 0.0239. The molecule has 0 N–H and O–H groups in total. The Morgan fingerprint density at radius 2 is 1.96 bits per heavy atom. The van der Waals surface area contributed by atoms with Crippen molar-refractivity contribution in [1.29, 1.82) is 0 Å². The van der Waals surface area contributed by atoms with E-state index < -0.39 is 5.60 Å². The van der Waals surface area contributed by atoms with Gasteiger partial charge in [-0.05, 0) is 62.2 Å². The quantitative estimate of drug-likeness (QED) is 0.563. The largest absolute Gasteiger partial charge is 0.487 e. The summed E-state index contributed by atoms with van der Waals surface area (Å²) in [6.07, 6.45) is 2.55. The highest BCUT2D eigenvalue weighted by Gasteiger charge is 2.30. The van der Waals surface area contributed by atoms with Crippen molar-refractivity contribution in [3.63, 3.8) is 0 Å². The first-order valence-electron chi connectivity index (χ1n) is 9.09. The van der Waals surface area contributed by atoms with E-state index in [0.29, 0.717) is 28.9 Å². The molecule has 1 heterocycles. The standard InChI is InChI=1S/C22H23Cl2NO3/c1-22(2,3)28-21(26)25-10-9-18(25)12-15-5-4-6-16(11-15)14-27-20-8-7-17(23)13-19(20)24/h4-8,11-13H,9-10,14H2,1-3H3. The zero-order valence-electron chi connectivity index (χ0n) is 16.2. The molecule has 0 radical (unpaired) electrons. The van der Waals surface area contributed by atoms with Crippen LogP contribution in [0.4, 0.5) is 4.79 Å². The molecule has 6 heteroatoms. The SMILES string of the molecule is CC(C)(C)OC(=O)N1CCC1=Cc1cccc(COc2ccc(Cl)cc2Cl)c1. The molecule has 0 atom stereocenters. The molecule has 0 spiro atoms. The fourth-order valence-electron chi connectivity index (χ4n) is 2.75. The average Bonchev–Trinajstić information content (AvgIpc) is 2.56. The van der Waals surface area contributed by atoms with E-state index in [1.165, 1.54) is 0 Å². The summed E-state index contributed by atoms with van der Waals surface area (Å²) in [5.74, 6) is 0.588. The van der Waals surface area contributed by atoms with Crippen molar-refractivity contribution in [3.8, 4) is 5.75 Å². The summed E-state index contributed by atoms with van der Waals surface area (Å²) in [6, 6.07) is 13.1. The van der Waals surface area contributed by atoms with Crippen LogP contribution in [0.2, 0.25) is 10.0 Å². The predicted molar refractivity (Wildman–Crippen MR) is 113 cm³/mol. The first kappa shape index (κ1) is 20.6. The smallest absolute Gasteiger partial charge is 0.414 e. The summed E-state index contributed by atoms with van der Waals surface area (Å²) < 4.78 is 11.2. The van der Waals surface area contributed by atoms with Crippen molar-refractivity contribution in [2.24, 2.45) is 0 Å². The van der Waals surface area contributed by atoms with Crippen molar-refractivity contribution < 1.29 is 14.3 Å². The van der Waals surface area contributed by atoms with Gasteiger partial charge < -0.3 is 9.47 Å². The third-order valence-corrected chi connectivity index (χ3v) is 4.66. The van der Waals surface area contributed by atoms with Crippen molar-refractivity contribution in [3.05, 3.63) is 69.3 Å². The minimum atomic E-state index is -0.502. The van der Waals surface area contributed by atoms with E-state index in [9.17, 15) is 4.79 Å². The van der Waals surface area contributed by atoms with Gasteiger partial charge in [0.1, 0.15) is 18.0 Å². The molecule has 148 valence electrons. The lowest BCUT2D eigenvalue weighted by Gasteiger charge is -2.35. The summed E-state index contributed by atoms with van der Waals surface area (Å²) in [4.78, 5) is 13.9. The highest BCUT2D eigenvalue weighted by molar-refractivity contribution is 6.35. The maximum Gasteiger partial charge on any atom is 0.414 e. The number of halogens is 2. The third kappa shape index (κ3) is 5.43. The van der Waals surface area contributed by atoms with Crippen LogP contribution in [-0.4, -0.2) is 23.1 Å². The number of nitrogens with zero attached hydrogens (tertiary/aromatic N) is 1. The minimum absolute atomic E-state index is 0.304. The van der Waals surface area contributed by atoms with E-state index in [-0.39, 0.29) is 6.09 Å². The molecule has 1 fully saturated rings. The van der Waals surface area contributed by atoms with Gasteiger partial charge in [-0.1, -0.05) is 41.4 Å². The fourth-order valence-corrected chi connectivity index (χ4v) is 3.21. The maximum absolute atomic E-state index is 12.2. The van der Waals surface area contributed by atoms with Gasteiger partial charge >= 0.3 is 6.09 Å². The number of hydrogen-bond acceptors (Lipinski definition) is 3. The Kier molecular flexibility index (Phi) is 6.21. The van der Waals surface area contributed by atoms with E-state index in [0.717, 1.165) is 23.2 Å². The van der Waals surface area contributed by atoms with Gasteiger partial charge in [0.2, 0.25) is 0 Å². The van der Waals surface area contributed by atoms with Gasteiger partial charge in [0.05, 0.1) is 5.02 Å². The molecule has 0 aliphatic carbocycles. The molecule has 2 aromatic rings. The van der Waals surface area contributed by atoms with Gasteiger partial charge in [-0.15, -0.1) is 0 Å². The third-order valence-electron chi connectivity index (χ3n) is 4.12. The molecule has 3 rings (SSSR count). The van der Waals surface area contributed by atoms with E-state index in [1.54, 1.807) is 23.1 Å². The summed E-state index contributed by atoms with van der Waals surface area (Å²) in [6.45, 7) is 6.66. The average molecular weight is 420 g/mol. The zero-order chi connectivity index (χ0) is 20.3. The first-order chi connectivity index (χ1) is 13.2. The van der Waals surface area contributed by atoms with E-state index in [1.807, 2.05) is 51.1 Å². The van der Waals surface area contributed by atoms with Gasteiger partial charge in [-0.2, -0.15) is 0 Å². The summed E-state index contributed by atoms with van der Waals surface area (Å²) >= 11 is 12.1. The molecular formula is C22H23Cl2NO3. The molecule has 1 aliphatic heterocycles. The highest BCUT2D eigenvalue weighted by atomic mass is 35.5. The Hall–Kier alpha value is -2.17. The molecule has 1 aliphatic rings. The fraction of sp³-hybridized carbons (Fsp3) is 0.318. The Bertz CT molecular complexity index is 903. The summed E-state index contributed by atoms with van der Waals surface area (Å²) in [5.41, 5.74) is 2.46. The Balaban J connectivity index is 1.66. The number of ether oxygens (including phenoxy) is 2. The number of likely N-dealkylation sites (tertiary alicyclic amines) is 1. The minimum Gasteiger partial charge on any atom is -0.487 e. The lowest BCUT2D eigenvalue weighted by atomic mass is 10.0. The number of benzene rings is 2. The normalized spacial score (nSPS) is 15.3. The van der Waals surface area contributed by atoms with Gasteiger partial charge in [0.15, 0.2) is 0 Å². The molecule has 0 unspecified atom stereocenters. The van der Waals surface area contributed by atoms with Crippen LogP contribution in [0.5, 0.6) is 5.75 Å². The van der Waals surface area contributed by atoms with Crippen LogP contribution >= 0.6 is 23.2 Å². The number of carbonyl (C=O) groups is 1. The van der Waals surface area contributed by atoms with E-state index in [2.05, 4.69) is 0 Å². The number of carbonyl (C=O) groups excluding carboxylic acids is 1. The molecule has 0 bridgehead atoms. The second kappa shape index (κ2) is 8.46. The Labute approximate surface area is 175 Å². The molecule has 28 heavy (non-hydrogen) atoms. The van der Waals surface area contributed by atoms with Crippen LogP contribution in [0.25, 0.3) is 6.08 Å². The second-order valence-corrected chi connectivity index (χ2v) is 8.47. The summed E-state index contributed by atoms with van der Waals surface area (Å²) in [7, 11) is 0. The van der Waals surface area contributed by atoms with Crippen LogP contribution in [0, 0.1) is 0 Å². The molecule has 1 amide bonds. The number of amides is 1. The van der Waals surface area contributed by atoms with Crippen LogP contribution < -0.4 is 4.74 Å². The van der Waals surface area contributed by atoms with Crippen LogP contribution in [0.3, 0.4) is 0 Å². The van der Waals surface area contributed by atoms with Crippen molar-refractivity contribution >= 4 is 35.4 Å². The van der Waals surface area contributed by atoms with Crippen LogP contribution in [0.15, 0.2) is 48.2 Å². The monoisotopic (exact) mass is 419 g/mol. The molecule has 0 saturated carbocycles. The first-order valence-corrected chi connectivity index (χ1v) is 9.85. The maximum atomic E-state index is 12.2. The van der Waals surface area contributed by atoms with Crippen LogP contribution in [-0.2, 0) is 11.3 Å². The zero-order valence-corrected chi connectivity index (χ0v) is 17.7. The van der Waals surface area contributed by atoms with Crippen molar-refractivity contribution in [2.45, 2.75) is 39.4 Å². The summed E-state index contributed by atoms with van der Waals surface area (Å²) in [5, 5.41) is 1.05. The van der Waals surface area contributed by atoms with Gasteiger partial charge in [0.25, 0.3) is 0 Å². The molecule has 0 aromatic heterocycles. The van der Waals surface area contributed by atoms with E-state index in [4.69, 9.17) is 32.7 Å². The van der Waals surface area contributed by atoms with Gasteiger partial charge in [0, 0.05) is 23.7 Å². The number of hydrogen-bond donors (Lipinski definition) is 0. The van der Waals surface area contributed by atoms with Crippen LogP contribution in [0.1, 0.15) is 38.3 Å². The van der Waals surface area contributed by atoms with Crippen molar-refractivity contribution in [1.82, 2.24) is 4.90 Å². The lowest BCUT2D eigenvalue weighted by Crippen LogP contribution is -2.43. The highest BCUT2D eigenvalue weighted by Crippen LogP contribution is 2.29. The van der Waals surface area contributed by atoms with Gasteiger partial charge in [-0.3, -0.25) is 4.90 Å². The molecule has 1 saturated heterocycles. The van der Waals surface area contributed by atoms with E-state index >= 15 is 0 Å². The predicted octanol–water partition coefficient (Wildman–Crippen LogP) is 6.55. The number of rotatable bonds is 4. The van der Waals surface area contributed by atoms with Gasteiger partial charge in [-0.25, -0.2) is 4.79 Å². The molecular weight excluding hydrogens is 397 g/mol. The Morgan fingerprint density at radius 3 is 2.61 bits per heavy atom.